The van der Waals surface area contributed by atoms with Crippen LogP contribution in [-0.2, 0) is 18.4 Å². The van der Waals surface area contributed by atoms with Crippen LogP contribution in [0.1, 0.15) is 71.6 Å². The molecule has 0 aromatic rings. The molecule has 0 fully saturated rings. The molecule has 0 bridgehead atoms. The molecule has 0 aliphatic rings. The van der Waals surface area contributed by atoms with Gasteiger partial charge < -0.3 is 28.8 Å². The summed E-state index contributed by atoms with van der Waals surface area (Å²) >= 11 is 0. The summed E-state index contributed by atoms with van der Waals surface area (Å²) in [4.78, 5) is 23.4. The molecule has 2 N–H and O–H groups in total. The fraction of sp³-hybridized carbons (Fsp3) is 0.792. The van der Waals surface area contributed by atoms with Gasteiger partial charge in [0.2, 0.25) is 5.91 Å². The third kappa shape index (κ3) is 21.3. The normalized spacial score (nSPS) is 16.2. The Bertz CT molecular complexity index is 619. The highest BCUT2D eigenvalue weighted by molar-refractivity contribution is 7.45. The highest BCUT2D eigenvalue weighted by atomic mass is 31.2. The van der Waals surface area contributed by atoms with Gasteiger partial charge in [-0.2, -0.15) is 0 Å². The van der Waals surface area contributed by atoms with Gasteiger partial charge in [0.15, 0.2) is 0 Å². The summed E-state index contributed by atoms with van der Waals surface area (Å²) in [5.74, 6) is -0.389. The van der Waals surface area contributed by atoms with Crippen LogP contribution in [0.15, 0.2) is 24.3 Å². The number of amides is 1. The largest absolute Gasteiger partial charge is 0.756 e. The average molecular weight is 491 g/mol. The Hall–Kier alpha value is -1.02. The molecule has 3 atom stereocenters. The molecule has 9 heteroatoms. The SMILES string of the molecule is CCCCCCCC/C=C/CC/C=C/C(O)C(COP(=O)([O-])OCC[N+](C)(C)C)NC(C)=O. The van der Waals surface area contributed by atoms with Crippen LogP contribution in [0, 0.1) is 0 Å². The number of likely N-dealkylation sites (N-methyl/N-ethyl adjacent to an activating group) is 1. The highest BCUT2D eigenvalue weighted by Crippen LogP contribution is 2.38. The Kier molecular flexibility index (Phi) is 17.8. The first-order valence-electron chi connectivity index (χ1n) is 12.1. The average Bonchev–Trinajstić information content (AvgIpc) is 2.70. The molecule has 33 heavy (non-hydrogen) atoms. The fourth-order valence-corrected chi connectivity index (χ4v) is 3.69. The van der Waals surface area contributed by atoms with Gasteiger partial charge in [0.1, 0.15) is 13.2 Å². The Labute approximate surface area is 201 Å². The van der Waals surface area contributed by atoms with Gasteiger partial charge in [-0.15, -0.1) is 0 Å². The molecule has 0 rings (SSSR count). The number of nitrogens with one attached hydrogen (secondary N) is 1. The minimum atomic E-state index is -4.53. The number of hydrogen-bond donors (Lipinski definition) is 2. The number of phosphoric acid groups is 1. The van der Waals surface area contributed by atoms with Crippen molar-refractivity contribution >= 4 is 13.7 Å². The number of hydrogen-bond acceptors (Lipinski definition) is 6. The second-order valence-corrected chi connectivity index (χ2v) is 10.8. The van der Waals surface area contributed by atoms with Gasteiger partial charge in [-0.05, 0) is 25.7 Å². The Morgan fingerprint density at radius 1 is 1.03 bits per heavy atom. The zero-order valence-corrected chi connectivity index (χ0v) is 22.2. The van der Waals surface area contributed by atoms with E-state index in [0.717, 1.165) is 19.3 Å². The summed E-state index contributed by atoms with van der Waals surface area (Å²) in [5, 5.41) is 12.9. The van der Waals surface area contributed by atoms with E-state index in [1.807, 2.05) is 27.2 Å². The minimum absolute atomic E-state index is 0.0100. The standard InChI is InChI=1S/C24H47N2O6P/c1-6-7-8-9-10-11-12-13-14-15-16-17-18-24(28)23(25-22(2)27)21-32-33(29,30)31-20-19-26(3,4)5/h13-14,17-18,23-24,28H,6-12,15-16,19-21H2,1-5H3,(H-,25,27,29,30)/b14-13+,18-17+. The van der Waals surface area contributed by atoms with Crippen LogP contribution in [-0.4, -0.2) is 68.5 Å². The van der Waals surface area contributed by atoms with E-state index in [0.29, 0.717) is 11.0 Å². The Morgan fingerprint density at radius 2 is 1.64 bits per heavy atom. The van der Waals surface area contributed by atoms with Crippen molar-refractivity contribution in [3.63, 3.8) is 0 Å². The van der Waals surface area contributed by atoms with Crippen molar-refractivity contribution in [1.29, 1.82) is 0 Å². The van der Waals surface area contributed by atoms with Crippen molar-refractivity contribution < 1.29 is 32.9 Å². The predicted octanol–water partition coefficient (Wildman–Crippen LogP) is 3.70. The van der Waals surface area contributed by atoms with Crippen molar-refractivity contribution in [3.05, 3.63) is 24.3 Å². The maximum Gasteiger partial charge on any atom is 0.268 e. The molecule has 0 radical (unpaired) electrons. The quantitative estimate of drug-likeness (QED) is 0.117. The summed E-state index contributed by atoms with van der Waals surface area (Å²) in [6.07, 6.45) is 17.1. The molecule has 0 aliphatic heterocycles. The molecule has 194 valence electrons. The van der Waals surface area contributed by atoms with Crippen molar-refractivity contribution in [2.45, 2.75) is 83.8 Å². The molecule has 0 aromatic carbocycles. The molecular formula is C24H47N2O6P. The Morgan fingerprint density at radius 3 is 2.27 bits per heavy atom. The third-order valence-corrected chi connectivity index (χ3v) is 5.91. The van der Waals surface area contributed by atoms with Crippen molar-refractivity contribution in [2.24, 2.45) is 0 Å². The third-order valence-electron chi connectivity index (χ3n) is 4.95. The van der Waals surface area contributed by atoms with Crippen LogP contribution < -0.4 is 10.2 Å². The van der Waals surface area contributed by atoms with E-state index in [1.54, 1.807) is 6.08 Å². The Balaban J connectivity index is 4.32. The predicted molar refractivity (Wildman–Crippen MR) is 132 cm³/mol. The lowest BCUT2D eigenvalue weighted by Gasteiger charge is -2.29. The van der Waals surface area contributed by atoms with E-state index in [9.17, 15) is 19.4 Å². The maximum atomic E-state index is 12.0. The molecule has 1 amide bonds. The molecule has 0 aliphatic carbocycles. The number of quaternary nitrogens is 1. The van der Waals surface area contributed by atoms with Crippen LogP contribution in [0.4, 0.5) is 0 Å². The van der Waals surface area contributed by atoms with E-state index in [4.69, 9.17) is 9.05 Å². The number of aliphatic hydroxyl groups excluding tert-OH is 1. The van der Waals surface area contributed by atoms with Gasteiger partial charge in [0.25, 0.3) is 7.82 Å². The number of phosphoric ester groups is 1. The first-order valence-corrected chi connectivity index (χ1v) is 13.6. The van der Waals surface area contributed by atoms with Gasteiger partial charge in [0, 0.05) is 6.92 Å². The zero-order chi connectivity index (χ0) is 25.2. The molecule has 0 aromatic heterocycles. The number of nitrogens with zero attached hydrogens (tertiary/aromatic N) is 1. The van der Waals surface area contributed by atoms with Crippen LogP contribution in [0.5, 0.6) is 0 Å². The van der Waals surface area contributed by atoms with Gasteiger partial charge >= 0.3 is 0 Å². The van der Waals surface area contributed by atoms with Gasteiger partial charge in [0.05, 0.1) is 39.9 Å². The van der Waals surface area contributed by atoms with E-state index in [1.165, 1.54) is 45.4 Å². The highest BCUT2D eigenvalue weighted by Gasteiger charge is 2.22. The van der Waals surface area contributed by atoms with E-state index in [2.05, 4.69) is 24.4 Å². The summed E-state index contributed by atoms with van der Waals surface area (Å²) < 4.78 is 22.3. The zero-order valence-electron chi connectivity index (χ0n) is 21.3. The molecule has 0 heterocycles. The van der Waals surface area contributed by atoms with E-state index >= 15 is 0 Å². The van der Waals surface area contributed by atoms with Crippen LogP contribution in [0.3, 0.4) is 0 Å². The van der Waals surface area contributed by atoms with Crippen LogP contribution in [0.25, 0.3) is 0 Å². The molecular weight excluding hydrogens is 443 g/mol. The second-order valence-electron chi connectivity index (χ2n) is 9.42. The number of rotatable bonds is 20. The lowest BCUT2D eigenvalue weighted by molar-refractivity contribution is -0.870. The fourth-order valence-electron chi connectivity index (χ4n) is 2.96. The smallest absolute Gasteiger partial charge is 0.268 e. The number of aliphatic hydroxyl groups is 1. The monoisotopic (exact) mass is 490 g/mol. The van der Waals surface area contributed by atoms with E-state index < -0.39 is 26.6 Å². The molecule has 0 saturated carbocycles. The molecule has 3 unspecified atom stereocenters. The minimum Gasteiger partial charge on any atom is -0.756 e. The summed E-state index contributed by atoms with van der Waals surface area (Å²) in [6.45, 7) is 3.59. The molecule has 0 saturated heterocycles. The van der Waals surface area contributed by atoms with Crippen molar-refractivity contribution in [1.82, 2.24) is 5.32 Å². The van der Waals surface area contributed by atoms with Crippen molar-refractivity contribution in [2.75, 3.05) is 40.9 Å². The second kappa shape index (κ2) is 18.3. The number of carbonyl (C=O) groups is 1. The summed E-state index contributed by atoms with van der Waals surface area (Å²) in [5.41, 5.74) is 0. The van der Waals surface area contributed by atoms with E-state index in [-0.39, 0.29) is 12.5 Å². The number of carbonyl (C=O) groups excluding carboxylic acids is 1. The lowest BCUT2D eigenvalue weighted by Crippen LogP contribution is -2.45. The summed E-state index contributed by atoms with van der Waals surface area (Å²) in [7, 11) is 1.22. The summed E-state index contributed by atoms with van der Waals surface area (Å²) in [6, 6.07) is -0.897. The molecule has 0 spiro atoms. The van der Waals surface area contributed by atoms with Crippen LogP contribution >= 0.6 is 7.82 Å². The lowest BCUT2D eigenvalue weighted by atomic mass is 10.1. The molecule has 8 nitrogen and oxygen atoms in total. The van der Waals surface area contributed by atoms with Gasteiger partial charge in [-0.25, -0.2) is 0 Å². The van der Waals surface area contributed by atoms with Gasteiger partial charge in [-0.1, -0.05) is 63.3 Å². The number of unbranched alkanes of at least 4 members (excludes halogenated alkanes) is 7. The van der Waals surface area contributed by atoms with Crippen molar-refractivity contribution in [3.8, 4) is 0 Å². The van der Waals surface area contributed by atoms with Gasteiger partial charge in [-0.3, -0.25) is 9.36 Å². The topological polar surface area (TPSA) is 108 Å². The first kappa shape index (κ1) is 32.0. The maximum absolute atomic E-state index is 12.0. The first-order chi connectivity index (χ1) is 15.5. The number of allylic oxidation sites excluding steroid dienone is 3. The van der Waals surface area contributed by atoms with Crippen LogP contribution in [0.2, 0.25) is 0 Å².